The summed E-state index contributed by atoms with van der Waals surface area (Å²) in [6.45, 7) is 0.223. The lowest BCUT2D eigenvalue weighted by Gasteiger charge is -2.20. The smallest absolute Gasteiger partial charge is 0.326 e. The molecule has 2 unspecified atom stereocenters. The van der Waals surface area contributed by atoms with Crippen LogP contribution in [-0.4, -0.2) is 52.7 Å². The average Bonchev–Trinajstić information content (AvgIpc) is 2.93. The highest BCUT2D eigenvalue weighted by Gasteiger charge is 2.40. The van der Waals surface area contributed by atoms with Crippen LogP contribution in [0.15, 0.2) is 6.07 Å². The molecule has 2 N–H and O–H groups in total. The Morgan fingerprint density at radius 3 is 2.68 bits per heavy atom. The van der Waals surface area contributed by atoms with Crippen LogP contribution in [0.2, 0.25) is 10.2 Å². The molecule has 0 bridgehead atoms. The highest BCUT2D eigenvalue weighted by Crippen LogP contribution is 2.26. The van der Waals surface area contributed by atoms with Crippen molar-refractivity contribution >= 4 is 35.1 Å². The quantitative estimate of drug-likeness (QED) is 0.889. The summed E-state index contributed by atoms with van der Waals surface area (Å²) in [5, 5.41) is 9.51. The van der Waals surface area contributed by atoms with Gasteiger partial charge in [-0.2, -0.15) is 0 Å². The second-order valence-electron chi connectivity index (χ2n) is 4.25. The van der Waals surface area contributed by atoms with E-state index in [9.17, 15) is 9.59 Å². The molecule has 1 amide bonds. The molecule has 104 valence electrons. The molecule has 1 aliphatic rings. The summed E-state index contributed by atoms with van der Waals surface area (Å²) < 4.78 is 5.12. The lowest BCUT2D eigenvalue weighted by atomic mass is 10.2. The molecule has 0 saturated carbocycles. The Morgan fingerprint density at radius 2 is 2.21 bits per heavy atom. The Morgan fingerprint density at radius 1 is 1.53 bits per heavy atom. The van der Waals surface area contributed by atoms with Crippen LogP contribution in [0.4, 0.5) is 0 Å². The number of ether oxygens (including phenoxy) is 1. The van der Waals surface area contributed by atoms with Gasteiger partial charge in [-0.25, -0.2) is 4.79 Å². The van der Waals surface area contributed by atoms with Crippen molar-refractivity contribution in [2.24, 2.45) is 0 Å². The number of carbonyl (C=O) groups is 2. The number of carbonyl (C=O) groups excluding carboxylic acids is 1. The standard InChI is InChI=1S/C11H12Cl2N2O4/c1-19-5-2-8(11(17)18)15(4-5)10(16)7-3-6(12)9(13)14-7/h3,5,8,14H,2,4H2,1H3,(H,17,18). The van der Waals surface area contributed by atoms with Crippen molar-refractivity contribution in [1.29, 1.82) is 0 Å². The van der Waals surface area contributed by atoms with Gasteiger partial charge in [0.1, 0.15) is 16.9 Å². The molecule has 0 aliphatic carbocycles. The highest BCUT2D eigenvalue weighted by atomic mass is 35.5. The number of nitrogens with zero attached hydrogens (tertiary/aromatic N) is 1. The molecule has 1 aromatic rings. The van der Waals surface area contributed by atoms with Crippen LogP contribution in [0.3, 0.4) is 0 Å². The summed E-state index contributed by atoms with van der Waals surface area (Å²) in [6.07, 6.45) is -0.0225. The number of nitrogens with one attached hydrogen (secondary N) is 1. The third-order valence-electron chi connectivity index (χ3n) is 3.10. The van der Waals surface area contributed by atoms with E-state index < -0.39 is 17.9 Å². The van der Waals surface area contributed by atoms with Crippen LogP contribution in [0.5, 0.6) is 0 Å². The van der Waals surface area contributed by atoms with Crippen molar-refractivity contribution in [3.05, 3.63) is 21.9 Å². The number of amides is 1. The molecule has 0 spiro atoms. The monoisotopic (exact) mass is 306 g/mol. The molecule has 2 atom stereocenters. The zero-order valence-corrected chi connectivity index (χ0v) is 11.5. The van der Waals surface area contributed by atoms with Crippen molar-refractivity contribution in [2.45, 2.75) is 18.6 Å². The fourth-order valence-corrected chi connectivity index (χ4v) is 2.41. The molecule has 2 rings (SSSR count). The number of carboxylic acid groups (broad SMARTS) is 1. The van der Waals surface area contributed by atoms with Crippen LogP contribution in [0.1, 0.15) is 16.9 Å². The van der Waals surface area contributed by atoms with E-state index in [2.05, 4.69) is 4.98 Å². The Labute approximate surface area is 119 Å². The molecule has 2 heterocycles. The number of hydrogen-bond acceptors (Lipinski definition) is 3. The van der Waals surface area contributed by atoms with Crippen LogP contribution in [0, 0.1) is 0 Å². The fourth-order valence-electron chi connectivity index (χ4n) is 2.10. The van der Waals surface area contributed by atoms with E-state index in [1.54, 1.807) is 0 Å². The maximum atomic E-state index is 12.2. The van der Waals surface area contributed by atoms with Crippen molar-refractivity contribution in [3.63, 3.8) is 0 Å². The number of aromatic nitrogens is 1. The first-order chi connectivity index (χ1) is 8.93. The first-order valence-corrected chi connectivity index (χ1v) is 6.30. The number of aliphatic carboxylic acids is 1. The molecule has 1 fully saturated rings. The Bertz CT molecular complexity index is 497. The topological polar surface area (TPSA) is 82.6 Å². The van der Waals surface area contributed by atoms with Gasteiger partial charge >= 0.3 is 5.97 Å². The van der Waals surface area contributed by atoms with E-state index >= 15 is 0 Å². The lowest BCUT2D eigenvalue weighted by Crippen LogP contribution is -2.40. The van der Waals surface area contributed by atoms with Gasteiger partial charge in [0.05, 0.1) is 11.1 Å². The van der Waals surface area contributed by atoms with Crippen LogP contribution in [-0.2, 0) is 9.53 Å². The van der Waals surface area contributed by atoms with E-state index in [0.717, 1.165) is 0 Å². The predicted molar refractivity (Wildman–Crippen MR) is 68.7 cm³/mol. The molecule has 0 aromatic carbocycles. The number of methoxy groups -OCH3 is 1. The van der Waals surface area contributed by atoms with Gasteiger partial charge in [0, 0.05) is 20.1 Å². The second-order valence-corrected chi connectivity index (χ2v) is 5.04. The average molecular weight is 307 g/mol. The lowest BCUT2D eigenvalue weighted by molar-refractivity contribution is -0.141. The minimum absolute atomic E-state index is 0.152. The summed E-state index contributed by atoms with van der Waals surface area (Å²) in [4.78, 5) is 27.3. The van der Waals surface area contributed by atoms with Gasteiger partial charge in [-0.1, -0.05) is 23.2 Å². The van der Waals surface area contributed by atoms with Gasteiger partial charge in [0.25, 0.3) is 5.91 Å². The van der Waals surface area contributed by atoms with Gasteiger partial charge in [-0.15, -0.1) is 0 Å². The maximum absolute atomic E-state index is 12.2. The summed E-state index contributed by atoms with van der Waals surface area (Å²) in [5.41, 5.74) is 0.165. The number of rotatable bonds is 3. The predicted octanol–water partition coefficient (Wildman–Crippen LogP) is 1.64. The molecule has 1 saturated heterocycles. The molecule has 6 nitrogen and oxygen atoms in total. The van der Waals surface area contributed by atoms with Crippen LogP contribution >= 0.6 is 23.2 Å². The van der Waals surface area contributed by atoms with Crippen molar-refractivity contribution in [3.8, 4) is 0 Å². The van der Waals surface area contributed by atoms with E-state index in [-0.39, 0.29) is 34.9 Å². The molecular weight excluding hydrogens is 295 g/mol. The highest BCUT2D eigenvalue weighted by molar-refractivity contribution is 6.41. The van der Waals surface area contributed by atoms with E-state index in [1.165, 1.54) is 18.1 Å². The molecule has 1 aromatic heterocycles. The molecule has 8 heteroatoms. The first kappa shape index (κ1) is 14.2. The van der Waals surface area contributed by atoms with Gasteiger partial charge in [0.15, 0.2) is 0 Å². The minimum Gasteiger partial charge on any atom is -0.480 e. The fraction of sp³-hybridized carbons (Fsp3) is 0.455. The number of halogens is 2. The van der Waals surface area contributed by atoms with Crippen molar-refractivity contribution < 1.29 is 19.4 Å². The zero-order chi connectivity index (χ0) is 14.2. The summed E-state index contributed by atoms with van der Waals surface area (Å²) in [6, 6.07) is 0.476. The summed E-state index contributed by atoms with van der Waals surface area (Å²) in [7, 11) is 1.49. The normalized spacial score (nSPS) is 22.8. The molecule has 1 aliphatic heterocycles. The third-order valence-corrected chi connectivity index (χ3v) is 3.79. The molecule has 19 heavy (non-hydrogen) atoms. The molecular formula is C11H12Cl2N2O4. The second kappa shape index (κ2) is 5.40. The van der Waals surface area contributed by atoms with Gasteiger partial charge < -0.3 is 19.7 Å². The van der Waals surface area contributed by atoms with Gasteiger partial charge in [-0.3, -0.25) is 4.79 Å². The number of H-pyrrole nitrogens is 1. The zero-order valence-electron chi connectivity index (χ0n) is 10.0. The maximum Gasteiger partial charge on any atom is 0.326 e. The number of likely N-dealkylation sites (tertiary alicyclic amines) is 1. The van der Waals surface area contributed by atoms with Crippen LogP contribution in [0.25, 0.3) is 0 Å². The van der Waals surface area contributed by atoms with Gasteiger partial charge in [-0.05, 0) is 6.07 Å². The van der Waals surface area contributed by atoms with E-state index in [1.807, 2.05) is 0 Å². The van der Waals surface area contributed by atoms with Crippen molar-refractivity contribution in [2.75, 3.05) is 13.7 Å². The number of carboxylic acids is 1. The number of hydrogen-bond donors (Lipinski definition) is 2. The van der Waals surface area contributed by atoms with E-state index in [4.69, 9.17) is 33.0 Å². The minimum atomic E-state index is -1.06. The third kappa shape index (κ3) is 2.70. The molecule has 0 radical (unpaired) electrons. The van der Waals surface area contributed by atoms with Gasteiger partial charge in [0.2, 0.25) is 0 Å². The Kier molecular flexibility index (Phi) is 4.03. The number of aromatic amines is 1. The summed E-state index contributed by atoms with van der Waals surface area (Å²) >= 11 is 11.5. The van der Waals surface area contributed by atoms with Crippen LogP contribution < -0.4 is 0 Å². The summed E-state index contributed by atoms with van der Waals surface area (Å²) in [5.74, 6) is -1.52. The Hall–Kier alpha value is -1.24. The van der Waals surface area contributed by atoms with E-state index in [0.29, 0.717) is 0 Å². The SMILES string of the molecule is COC1CC(C(=O)O)N(C(=O)c2cc(Cl)c(Cl)[nH]2)C1. The first-order valence-electron chi connectivity index (χ1n) is 5.54. The largest absolute Gasteiger partial charge is 0.480 e. The Balaban J connectivity index is 2.23. The van der Waals surface area contributed by atoms with Crippen molar-refractivity contribution in [1.82, 2.24) is 9.88 Å².